The Balaban J connectivity index is 2.50. The molecule has 0 radical (unpaired) electrons. The van der Waals surface area contributed by atoms with Crippen molar-refractivity contribution in [2.45, 2.75) is 33.1 Å². The number of hydrogen-bond acceptors (Lipinski definition) is 5. The fourth-order valence-corrected chi connectivity index (χ4v) is 2.04. The maximum absolute atomic E-state index is 11.5. The van der Waals surface area contributed by atoms with Crippen LogP contribution < -0.4 is 16.4 Å². The lowest BCUT2D eigenvalue weighted by Crippen LogP contribution is -2.24. The average Bonchev–Trinajstić information content (AvgIpc) is 2.46. The van der Waals surface area contributed by atoms with E-state index in [-0.39, 0.29) is 5.91 Å². The minimum Gasteiger partial charge on any atom is -0.368 e. The van der Waals surface area contributed by atoms with E-state index in [9.17, 15) is 4.79 Å². The van der Waals surface area contributed by atoms with Crippen molar-refractivity contribution in [2.24, 2.45) is 11.7 Å². The summed E-state index contributed by atoms with van der Waals surface area (Å²) >= 11 is 0. The van der Waals surface area contributed by atoms with Crippen LogP contribution in [-0.4, -0.2) is 35.7 Å². The highest BCUT2D eigenvalue weighted by atomic mass is 16.1. The predicted molar refractivity (Wildman–Crippen MR) is 80.6 cm³/mol. The number of amides is 1. The molecule has 1 atom stereocenters. The topological polar surface area (TPSA) is 92.9 Å². The zero-order valence-electron chi connectivity index (χ0n) is 12.4. The summed E-state index contributed by atoms with van der Waals surface area (Å²) in [5, 5.41) is 13.9. The van der Waals surface area contributed by atoms with Gasteiger partial charge in [0.05, 0.1) is 0 Å². The molecule has 0 fully saturated rings. The minimum atomic E-state index is -0.196. The molecule has 4 N–H and O–H groups in total. The maximum Gasteiger partial charge on any atom is 0.271 e. The molecule has 112 valence electrons. The zero-order chi connectivity index (χ0) is 14.8. The molecule has 6 heteroatoms. The summed E-state index contributed by atoms with van der Waals surface area (Å²) in [5.41, 5.74) is 5.95. The van der Waals surface area contributed by atoms with Crippen molar-refractivity contribution in [1.82, 2.24) is 15.5 Å². The van der Waals surface area contributed by atoms with Crippen molar-refractivity contribution in [3.05, 3.63) is 17.8 Å². The van der Waals surface area contributed by atoms with Gasteiger partial charge in [-0.3, -0.25) is 4.79 Å². The summed E-state index contributed by atoms with van der Waals surface area (Å²) in [4.78, 5) is 11.5. The van der Waals surface area contributed by atoms with Gasteiger partial charge in [-0.15, -0.1) is 10.2 Å². The first kappa shape index (κ1) is 16.4. The first-order valence-corrected chi connectivity index (χ1v) is 7.27. The number of rotatable bonds is 9. The van der Waals surface area contributed by atoms with Gasteiger partial charge in [-0.05, 0) is 44.4 Å². The molecule has 1 aromatic rings. The van der Waals surface area contributed by atoms with Crippen LogP contribution in [0.4, 0.5) is 5.82 Å². The zero-order valence-corrected chi connectivity index (χ0v) is 12.4. The third-order valence-electron chi connectivity index (χ3n) is 3.08. The summed E-state index contributed by atoms with van der Waals surface area (Å²) in [5.74, 6) is 1.05. The van der Waals surface area contributed by atoms with Gasteiger partial charge in [0.1, 0.15) is 5.82 Å². The third-order valence-corrected chi connectivity index (χ3v) is 3.08. The Morgan fingerprint density at radius 2 is 2.10 bits per heavy atom. The first-order chi connectivity index (χ1) is 9.71. The number of hydrogen-bond donors (Lipinski definition) is 3. The second kappa shape index (κ2) is 9.25. The van der Waals surface area contributed by atoms with Crippen LogP contribution in [0, 0.1) is 5.92 Å². The molecule has 0 aliphatic carbocycles. The highest BCUT2D eigenvalue weighted by Gasteiger charge is 2.09. The van der Waals surface area contributed by atoms with E-state index in [1.54, 1.807) is 12.1 Å². The molecule has 1 unspecified atom stereocenters. The summed E-state index contributed by atoms with van der Waals surface area (Å²) in [6, 6.07) is 3.46. The van der Waals surface area contributed by atoms with Crippen LogP contribution in [0.25, 0.3) is 0 Å². The Bertz CT molecular complexity index is 387. The quantitative estimate of drug-likeness (QED) is 0.635. The van der Waals surface area contributed by atoms with Crippen LogP contribution in [-0.2, 0) is 0 Å². The highest BCUT2D eigenvalue weighted by Crippen LogP contribution is 2.11. The maximum atomic E-state index is 11.5. The number of anilines is 1. The standard InChI is InChI=1S/C14H25N5O/c1-3-5-11(8-9-15)10-17-13-7-6-12(18-19-13)14(20)16-4-2/h6-7,11H,3-5,8-10,15H2,1-2H3,(H,16,20)(H,17,19). The summed E-state index contributed by atoms with van der Waals surface area (Å²) in [6.07, 6.45) is 3.30. The normalized spacial score (nSPS) is 11.9. The molecule has 1 heterocycles. The Kier molecular flexibility index (Phi) is 7.57. The van der Waals surface area contributed by atoms with E-state index in [1.165, 1.54) is 0 Å². The lowest BCUT2D eigenvalue weighted by molar-refractivity contribution is 0.0950. The number of nitrogens with two attached hydrogens (primary N) is 1. The van der Waals surface area contributed by atoms with Gasteiger partial charge in [0.2, 0.25) is 0 Å². The molecule has 0 saturated heterocycles. The van der Waals surface area contributed by atoms with E-state index in [0.717, 1.165) is 25.8 Å². The van der Waals surface area contributed by atoms with Crippen molar-refractivity contribution >= 4 is 11.7 Å². The van der Waals surface area contributed by atoms with Crippen LogP contribution in [0.1, 0.15) is 43.6 Å². The van der Waals surface area contributed by atoms with E-state index in [1.807, 2.05) is 6.92 Å². The van der Waals surface area contributed by atoms with Gasteiger partial charge in [-0.2, -0.15) is 0 Å². The lowest BCUT2D eigenvalue weighted by Gasteiger charge is -2.16. The van der Waals surface area contributed by atoms with Crippen LogP contribution in [0.3, 0.4) is 0 Å². The molecule has 20 heavy (non-hydrogen) atoms. The van der Waals surface area contributed by atoms with Crippen LogP contribution in [0.2, 0.25) is 0 Å². The van der Waals surface area contributed by atoms with Crippen molar-refractivity contribution in [3.8, 4) is 0 Å². The van der Waals surface area contributed by atoms with Gasteiger partial charge in [0.25, 0.3) is 5.91 Å². The molecular weight excluding hydrogens is 254 g/mol. The summed E-state index contributed by atoms with van der Waals surface area (Å²) in [7, 11) is 0. The third kappa shape index (κ3) is 5.52. The molecular formula is C14H25N5O. The van der Waals surface area contributed by atoms with Gasteiger partial charge in [0, 0.05) is 13.1 Å². The molecule has 0 aliphatic heterocycles. The Labute approximate surface area is 120 Å². The molecule has 1 amide bonds. The molecule has 1 rings (SSSR count). The van der Waals surface area contributed by atoms with E-state index < -0.39 is 0 Å². The predicted octanol–water partition coefficient (Wildman–Crippen LogP) is 1.40. The monoisotopic (exact) mass is 279 g/mol. The molecule has 1 aromatic heterocycles. The first-order valence-electron chi connectivity index (χ1n) is 7.27. The average molecular weight is 279 g/mol. The van der Waals surface area contributed by atoms with Crippen molar-refractivity contribution in [1.29, 1.82) is 0 Å². The van der Waals surface area contributed by atoms with Crippen LogP contribution in [0.5, 0.6) is 0 Å². The molecule has 0 aliphatic rings. The van der Waals surface area contributed by atoms with Crippen molar-refractivity contribution in [3.63, 3.8) is 0 Å². The second-order valence-electron chi connectivity index (χ2n) is 4.78. The summed E-state index contributed by atoms with van der Waals surface area (Å²) < 4.78 is 0. The molecule has 0 aromatic carbocycles. The second-order valence-corrected chi connectivity index (χ2v) is 4.78. The van der Waals surface area contributed by atoms with E-state index >= 15 is 0 Å². The SMILES string of the molecule is CCCC(CCN)CNc1ccc(C(=O)NCC)nn1. The Morgan fingerprint density at radius 1 is 1.30 bits per heavy atom. The van der Waals surface area contributed by atoms with Crippen LogP contribution in [0.15, 0.2) is 12.1 Å². The van der Waals surface area contributed by atoms with Gasteiger partial charge in [-0.1, -0.05) is 13.3 Å². The number of nitrogens with zero attached hydrogens (tertiary/aromatic N) is 2. The fourth-order valence-electron chi connectivity index (χ4n) is 2.04. The molecule has 6 nitrogen and oxygen atoms in total. The van der Waals surface area contributed by atoms with E-state index in [2.05, 4.69) is 27.8 Å². The van der Waals surface area contributed by atoms with Gasteiger partial charge in [0.15, 0.2) is 5.69 Å². The number of carbonyl (C=O) groups is 1. The largest absolute Gasteiger partial charge is 0.368 e. The highest BCUT2D eigenvalue weighted by molar-refractivity contribution is 5.92. The Morgan fingerprint density at radius 3 is 2.65 bits per heavy atom. The van der Waals surface area contributed by atoms with Crippen LogP contribution >= 0.6 is 0 Å². The van der Waals surface area contributed by atoms with E-state index in [4.69, 9.17) is 5.73 Å². The summed E-state index contributed by atoms with van der Waals surface area (Å²) in [6.45, 7) is 6.16. The van der Waals surface area contributed by atoms with Gasteiger partial charge in [-0.25, -0.2) is 0 Å². The number of carbonyl (C=O) groups excluding carboxylic acids is 1. The van der Waals surface area contributed by atoms with Gasteiger partial charge < -0.3 is 16.4 Å². The smallest absolute Gasteiger partial charge is 0.271 e. The van der Waals surface area contributed by atoms with Crippen molar-refractivity contribution in [2.75, 3.05) is 25.0 Å². The number of nitrogens with one attached hydrogen (secondary N) is 2. The molecule has 0 spiro atoms. The molecule has 0 bridgehead atoms. The van der Waals surface area contributed by atoms with Gasteiger partial charge >= 0.3 is 0 Å². The molecule has 0 saturated carbocycles. The Hall–Kier alpha value is -1.69. The minimum absolute atomic E-state index is 0.196. The van der Waals surface area contributed by atoms with E-state index in [0.29, 0.717) is 30.5 Å². The lowest BCUT2D eigenvalue weighted by atomic mass is 10.00. The van der Waals surface area contributed by atoms with Crippen molar-refractivity contribution < 1.29 is 4.79 Å². The fraction of sp³-hybridized carbons (Fsp3) is 0.643. The number of aromatic nitrogens is 2.